The number of rotatable bonds is 9. The van der Waals surface area contributed by atoms with Crippen molar-refractivity contribution in [3.8, 4) is 11.1 Å². The molecule has 0 unspecified atom stereocenters. The molecule has 0 atom stereocenters. The quantitative estimate of drug-likeness (QED) is 0.104. The van der Waals surface area contributed by atoms with E-state index in [2.05, 4.69) is 120 Å². The van der Waals surface area contributed by atoms with Gasteiger partial charge in [0, 0.05) is 43.4 Å². The standard InChI is InChI=1S/C30H28N.C13H24O2.Ir/c1-29(2,3)25-19-22(18-21-14-9-10-15-23(21)25)28-30(4,5)27-24(16-11-17-26(27)31-28)20-12-7-6-8-13-20;1-5-10(6-2)12(14)9-13(15)11(7-3)8-4;/h6-17,19H,1-5H3;9-11,14H,5-8H2,1-4H3;/q-1;;/b;12-9-;. The number of aliphatic imine (C=N–C) groups is 1. The minimum Gasteiger partial charge on any atom is -0.512 e. The third kappa shape index (κ3) is 8.40. The summed E-state index contributed by atoms with van der Waals surface area (Å²) in [5.41, 5.74) is 8.24. The Labute approximate surface area is 297 Å². The minimum absolute atomic E-state index is 0. The molecule has 0 spiro atoms. The summed E-state index contributed by atoms with van der Waals surface area (Å²) in [6.45, 7) is 19.5. The van der Waals surface area contributed by atoms with Gasteiger partial charge in [-0.05, 0) is 59.6 Å². The Hall–Kier alpha value is -3.33. The number of allylic oxidation sites excluding steroid dienone is 2. The second kappa shape index (κ2) is 16.2. The number of aliphatic hydroxyl groups is 1. The third-order valence-electron chi connectivity index (χ3n) is 9.50. The third-order valence-corrected chi connectivity index (χ3v) is 9.50. The first-order chi connectivity index (χ1) is 21.9. The Kier molecular flexibility index (Phi) is 13.1. The molecule has 1 aliphatic heterocycles. The first-order valence-corrected chi connectivity index (χ1v) is 17.1. The number of hydrogen-bond acceptors (Lipinski definition) is 3. The molecule has 4 heteroatoms. The van der Waals surface area contributed by atoms with Gasteiger partial charge >= 0.3 is 0 Å². The smallest absolute Gasteiger partial charge is 0.162 e. The number of fused-ring (bicyclic) bond motifs is 2. The van der Waals surface area contributed by atoms with E-state index in [0.717, 1.165) is 48.0 Å². The maximum absolute atomic E-state index is 11.7. The van der Waals surface area contributed by atoms with Crippen LogP contribution in [0.2, 0.25) is 0 Å². The summed E-state index contributed by atoms with van der Waals surface area (Å²) in [4.78, 5) is 16.9. The van der Waals surface area contributed by atoms with E-state index in [1.165, 1.54) is 33.7 Å². The van der Waals surface area contributed by atoms with Crippen molar-refractivity contribution in [2.45, 2.75) is 98.8 Å². The number of hydrogen-bond donors (Lipinski definition) is 1. The van der Waals surface area contributed by atoms with E-state index >= 15 is 0 Å². The fourth-order valence-electron chi connectivity index (χ4n) is 6.68. The molecule has 0 amide bonds. The number of carbonyl (C=O) groups is 1. The van der Waals surface area contributed by atoms with Crippen molar-refractivity contribution in [3.63, 3.8) is 0 Å². The molecule has 0 fully saturated rings. The van der Waals surface area contributed by atoms with Crippen LogP contribution in [0.25, 0.3) is 21.9 Å². The van der Waals surface area contributed by atoms with Gasteiger partial charge in [0.2, 0.25) is 0 Å². The minimum atomic E-state index is -0.212. The van der Waals surface area contributed by atoms with Gasteiger partial charge in [-0.2, -0.15) is 0 Å². The van der Waals surface area contributed by atoms with Gasteiger partial charge in [0.1, 0.15) is 0 Å². The van der Waals surface area contributed by atoms with Crippen LogP contribution in [-0.4, -0.2) is 16.6 Å². The molecule has 0 bridgehead atoms. The fraction of sp³-hybridized carbons (Fsp3) is 0.395. The molecule has 3 nitrogen and oxygen atoms in total. The second-order valence-corrected chi connectivity index (χ2v) is 14.0. The van der Waals surface area contributed by atoms with Crippen molar-refractivity contribution in [2.75, 3.05) is 0 Å². The Morgan fingerprint density at radius 1 is 0.851 bits per heavy atom. The van der Waals surface area contributed by atoms with Crippen molar-refractivity contribution in [1.82, 2.24) is 0 Å². The maximum Gasteiger partial charge on any atom is 0.162 e. The summed E-state index contributed by atoms with van der Waals surface area (Å²) >= 11 is 0. The van der Waals surface area contributed by atoms with Crippen LogP contribution >= 0.6 is 0 Å². The van der Waals surface area contributed by atoms with Gasteiger partial charge in [-0.25, -0.2) is 0 Å². The molecule has 0 aromatic heterocycles. The molecule has 1 radical (unpaired) electrons. The van der Waals surface area contributed by atoms with Crippen LogP contribution in [0.3, 0.4) is 0 Å². The molecule has 5 rings (SSSR count). The Balaban J connectivity index is 0.000000322. The summed E-state index contributed by atoms with van der Waals surface area (Å²) in [5, 5.41) is 12.2. The number of carbonyl (C=O) groups excluding carboxylic acids is 1. The average molecular weight is 807 g/mol. The molecule has 1 N–H and O–H groups in total. The largest absolute Gasteiger partial charge is 0.512 e. The molecule has 0 aliphatic carbocycles. The van der Waals surface area contributed by atoms with E-state index in [1.54, 1.807) is 0 Å². The van der Waals surface area contributed by atoms with E-state index in [1.807, 2.05) is 27.7 Å². The van der Waals surface area contributed by atoms with E-state index in [4.69, 9.17) is 4.99 Å². The van der Waals surface area contributed by atoms with Gasteiger partial charge in [0.25, 0.3) is 0 Å². The Morgan fingerprint density at radius 3 is 2.04 bits per heavy atom. The van der Waals surface area contributed by atoms with Gasteiger partial charge in [0.05, 0.1) is 11.4 Å². The van der Waals surface area contributed by atoms with Gasteiger partial charge in [0.15, 0.2) is 5.78 Å². The predicted molar refractivity (Wildman–Crippen MR) is 196 cm³/mol. The van der Waals surface area contributed by atoms with E-state index < -0.39 is 0 Å². The molecular weight excluding hydrogens is 755 g/mol. The van der Waals surface area contributed by atoms with Crippen molar-refractivity contribution in [1.29, 1.82) is 0 Å². The van der Waals surface area contributed by atoms with Crippen molar-refractivity contribution in [2.24, 2.45) is 16.8 Å². The maximum atomic E-state index is 11.7. The van der Waals surface area contributed by atoms with Gasteiger partial charge < -0.3 is 5.11 Å². The summed E-state index contributed by atoms with van der Waals surface area (Å²) < 4.78 is 0. The summed E-state index contributed by atoms with van der Waals surface area (Å²) in [5.74, 6) is 0.547. The number of aliphatic hydroxyl groups excluding tert-OH is 1. The van der Waals surface area contributed by atoms with Gasteiger partial charge in [-0.3, -0.25) is 9.79 Å². The van der Waals surface area contributed by atoms with E-state index in [9.17, 15) is 9.90 Å². The van der Waals surface area contributed by atoms with Crippen molar-refractivity contribution >= 4 is 28.0 Å². The molecule has 4 aromatic rings. The van der Waals surface area contributed by atoms with Crippen LogP contribution in [0.5, 0.6) is 0 Å². The number of nitrogens with zero attached hydrogens (tertiary/aromatic N) is 1. The first kappa shape index (κ1) is 38.1. The van der Waals surface area contributed by atoms with Crippen LogP contribution in [-0.2, 0) is 35.7 Å². The second-order valence-electron chi connectivity index (χ2n) is 14.0. The molecule has 1 aliphatic rings. The predicted octanol–water partition coefficient (Wildman–Crippen LogP) is 11.9. The number of benzene rings is 4. The van der Waals surface area contributed by atoms with Crippen molar-refractivity contribution < 1.29 is 30.0 Å². The van der Waals surface area contributed by atoms with Gasteiger partial charge in [-0.1, -0.05) is 128 Å². The zero-order valence-electron chi connectivity index (χ0n) is 29.7. The average Bonchev–Trinajstić information content (AvgIpc) is 3.32. The zero-order chi connectivity index (χ0) is 33.6. The fourth-order valence-corrected chi connectivity index (χ4v) is 6.68. The summed E-state index contributed by atoms with van der Waals surface area (Å²) in [6, 6.07) is 31.7. The summed E-state index contributed by atoms with van der Waals surface area (Å²) in [6.07, 6.45) is 4.91. The first-order valence-electron chi connectivity index (χ1n) is 17.1. The van der Waals surface area contributed by atoms with E-state index in [0.29, 0.717) is 0 Å². The van der Waals surface area contributed by atoms with Crippen LogP contribution in [0, 0.1) is 17.9 Å². The van der Waals surface area contributed by atoms with E-state index in [-0.39, 0.29) is 54.3 Å². The molecular formula is C43H52IrNO2-. The monoisotopic (exact) mass is 807 g/mol. The molecule has 1 heterocycles. The molecule has 251 valence electrons. The molecule has 0 saturated heterocycles. The molecule has 0 saturated carbocycles. The molecule has 4 aromatic carbocycles. The SMILES string of the molecule is CC(C)(C)c1cc(C2=Nc3cccc(-c4ccccc4)c3C2(C)C)[c-]c2ccccc12.CCC(CC)C(=O)/C=C(\O)C(CC)CC.[Ir]. The Morgan fingerprint density at radius 2 is 1.45 bits per heavy atom. The zero-order valence-corrected chi connectivity index (χ0v) is 32.1. The van der Waals surface area contributed by atoms with Crippen LogP contribution in [0.15, 0.2) is 95.7 Å². The summed E-state index contributed by atoms with van der Waals surface area (Å²) in [7, 11) is 0. The van der Waals surface area contributed by atoms with Crippen LogP contribution in [0.4, 0.5) is 5.69 Å². The topological polar surface area (TPSA) is 49.7 Å². The van der Waals surface area contributed by atoms with Gasteiger partial charge in [-0.15, -0.1) is 34.7 Å². The molecule has 47 heavy (non-hydrogen) atoms. The number of ketones is 1. The van der Waals surface area contributed by atoms with Crippen molar-refractivity contribution in [3.05, 3.63) is 113 Å². The van der Waals surface area contributed by atoms with Crippen LogP contribution in [0.1, 0.15) is 105 Å². The van der Waals surface area contributed by atoms with Crippen LogP contribution < -0.4 is 0 Å². The normalized spacial score (nSPS) is 13.9. The Bertz CT molecular complexity index is 1720.